The molecule has 0 fully saturated rings. The number of hydrogen-bond donors (Lipinski definition) is 2. The monoisotopic (exact) mass is 306 g/mol. The predicted octanol–water partition coefficient (Wildman–Crippen LogP) is 1.66. The fourth-order valence-corrected chi connectivity index (χ4v) is 3.52. The quantitative estimate of drug-likeness (QED) is 0.875. The molecule has 0 aliphatic rings. The Kier molecular flexibility index (Phi) is 4.54. The van der Waals surface area contributed by atoms with Gasteiger partial charge in [0.05, 0.1) is 10.9 Å². The summed E-state index contributed by atoms with van der Waals surface area (Å²) in [4.78, 5) is 8.36. The smallest absolute Gasteiger partial charge is 0.241 e. The molecule has 0 spiro atoms. The molecular weight excluding hydrogens is 288 g/mol. The number of anilines is 1. The lowest BCUT2D eigenvalue weighted by atomic mass is 10.2. The lowest BCUT2D eigenvalue weighted by Crippen LogP contribution is -2.29. The summed E-state index contributed by atoms with van der Waals surface area (Å²) in [6.07, 6.45) is 2.14. The van der Waals surface area contributed by atoms with Gasteiger partial charge < -0.3 is 5.73 Å². The van der Waals surface area contributed by atoms with Crippen LogP contribution in [0.3, 0.4) is 0 Å². The third-order valence-electron chi connectivity index (χ3n) is 3.06. The minimum atomic E-state index is -3.63. The van der Waals surface area contributed by atoms with Crippen LogP contribution in [0.2, 0.25) is 0 Å². The van der Waals surface area contributed by atoms with Gasteiger partial charge in [-0.3, -0.25) is 0 Å². The van der Waals surface area contributed by atoms with Crippen LogP contribution in [0.15, 0.2) is 41.4 Å². The van der Waals surface area contributed by atoms with Crippen molar-refractivity contribution < 1.29 is 8.42 Å². The molecule has 1 aromatic carbocycles. The van der Waals surface area contributed by atoms with E-state index in [-0.39, 0.29) is 4.90 Å². The van der Waals surface area contributed by atoms with Gasteiger partial charge in [0, 0.05) is 6.20 Å². The lowest BCUT2D eigenvalue weighted by Gasteiger charge is -2.15. The van der Waals surface area contributed by atoms with Gasteiger partial charge in [0.1, 0.15) is 11.6 Å². The fourth-order valence-electron chi connectivity index (χ4n) is 2.00. The van der Waals surface area contributed by atoms with Crippen molar-refractivity contribution in [2.45, 2.75) is 31.2 Å². The van der Waals surface area contributed by atoms with Crippen LogP contribution in [0.1, 0.15) is 31.3 Å². The molecule has 21 heavy (non-hydrogen) atoms. The topological polar surface area (TPSA) is 98.0 Å². The SMILES string of the molecule is CCc1ccccc1S(=O)(=O)NC(C)c1nccc(N)n1. The molecule has 0 radical (unpaired) electrons. The zero-order chi connectivity index (χ0) is 15.5. The highest BCUT2D eigenvalue weighted by atomic mass is 32.2. The highest BCUT2D eigenvalue weighted by Gasteiger charge is 2.22. The zero-order valence-electron chi connectivity index (χ0n) is 11.9. The van der Waals surface area contributed by atoms with Crippen LogP contribution in [0.5, 0.6) is 0 Å². The van der Waals surface area contributed by atoms with E-state index in [9.17, 15) is 8.42 Å². The normalized spacial score (nSPS) is 13.0. The Labute approximate surface area is 124 Å². The summed E-state index contributed by atoms with van der Waals surface area (Å²) >= 11 is 0. The number of sulfonamides is 1. The van der Waals surface area contributed by atoms with Crippen molar-refractivity contribution in [2.24, 2.45) is 0 Å². The van der Waals surface area contributed by atoms with Gasteiger partial charge in [0.15, 0.2) is 0 Å². The molecule has 0 aliphatic carbocycles. The van der Waals surface area contributed by atoms with E-state index in [0.717, 1.165) is 5.56 Å². The average molecular weight is 306 g/mol. The van der Waals surface area contributed by atoms with Crippen LogP contribution in [-0.4, -0.2) is 18.4 Å². The Bertz CT molecular complexity index is 731. The van der Waals surface area contributed by atoms with Crippen LogP contribution in [0.25, 0.3) is 0 Å². The molecular formula is C14H18N4O2S. The summed E-state index contributed by atoms with van der Waals surface area (Å²) in [5.74, 6) is 0.646. The van der Waals surface area contributed by atoms with Gasteiger partial charge in [-0.15, -0.1) is 0 Å². The summed E-state index contributed by atoms with van der Waals surface area (Å²) in [5, 5.41) is 0. The summed E-state index contributed by atoms with van der Waals surface area (Å²) in [5.41, 5.74) is 6.36. The van der Waals surface area contributed by atoms with Gasteiger partial charge >= 0.3 is 0 Å². The number of rotatable bonds is 5. The second-order valence-corrected chi connectivity index (χ2v) is 6.33. The van der Waals surface area contributed by atoms with E-state index in [0.29, 0.717) is 18.1 Å². The van der Waals surface area contributed by atoms with E-state index < -0.39 is 16.1 Å². The molecule has 3 N–H and O–H groups in total. The van der Waals surface area contributed by atoms with Crippen molar-refractivity contribution >= 4 is 15.8 Å². The van der Waals surface area contributed by atoms with Crippen molar-refractivity contribution in [1.29, 1.82) is 0 Å². The molecule has 1 unspecified atom stereocenters. The number of aromatic nitrogens is 2. The van der Waals surface area contributed by atoms with Crippen molar-refractivity contribution in [3.8, 4) is 0 Å². The number of benzene rings is 1. The largest absolute Gasteiger partial charge is 0.384 e. The number of nitrogen functional groups attached to an aromatic ring is 1. The first-order chi connectivity index (χ1) is 9.94. The average Bonchev–Trinajstić information content (AvgIpc) is 2.46. The molecule has 0 amide bonds. The first-order valence-corrected chi connectivity index (χ1v) is 8.11. The molecule has 0 aliphatic heterocycles. The molecule has 0 saturated carbocycles. The van der Waals surface area contributed by atoms with Gasteiger partial charge in [0.25, 0.3) is 0 Å². The summed E-state index contributed by atoms with van der Waals surface area (Å²) in [6, 6.07) is 7.91. The molecule has 1 atom stereocenters. The van der Waals surface area contributed by atoms with E-state index in [4.69, 9.17) is 5.73 Å². The molecule has 2 rings (SSSR count). The third kappa shape index (κ3) is 3.56. The van der Waals surface area contributed by atoms with Crippen LogP contribution in [-0.2, 0) is 16.4 Å². The molecule has 0 saturated heterocycles. The van der Waals surface area contributed by atoms with Gasteiger partial charge in [0.2, 0.25) is 10.0 Å². The maximum absolute atomic E-state index is 12.5. The van der Waals surface area contributed by atoms with E-state index in [2.05, 4.69) is 14.7 Å². The van der Waals surface area contributed by atoms with Crippen molar-refractivity contribution in [3.63, 3.8) is 0 Å². The predicted molar refractivity (Wildman–Crippen MR) is 81.0 cm³/mol. The Balaban J connectivity index is 2.29. The number of aryl methyl sites for hydroxylation is 1. The van der Waals surface area contributed by atoms with E-state index in [1.54, 1.807) is 31.2 Å². The van der Waals surface area contributed by atoms with Gasteiger partial charge in [-0.1, -0.05) is 25.1 Å². The molecule has 1 aromatic heterocycles. The van der Waals surface area contributed by atoms with Crippen molar-refractivity contribution in [1.82, 2.24) is 14.7 Å². The van der Waals surface area contributed by atoms with Gasteiger partial charge in [-0.2, -0.15) is 0 Å². The highest BCUT2D eigenvalue weighted by molar-refractivity contribution is 7.89. The standard InChI is InChI=1S/C14H18N4O2S/c1-3-11-6-4-5-7-12(11)21(19,20)18-10(2)14-16-9-8-13(15)17-14/h4-10,18H,3H2,1-2H3,(H2,15,16,17). The van der Waals surface area contributed by atoms with E-state index in [1.807, 2.05) is 13.0 Å². The summed E-state index contributed by atoms with van der Waals surface area (Å²) in [7, 11) is -3.63. The molecule has 1 heterocycles. The van der Waals surface area contributed by atoms with Crippen LogP contribution < -0.4 is 10.5 Å². The first kappa shape index (κ1) is 15.4. The Morgan fingerprint density at radius 1 is 1.29 bits per heavy atom. The number of nitrogens with two attached hydrogens (primary N) is 1. The summed E-state index contributed by atoms with van der Waals surface area (Å²) < 4.78 is 27.5. The van der Waals surface area contributed by atoms with Gasteiger partial charge in [-0.25, -0.2) is 23.1 Å². The Morgan fingerprint density at radius 3 is 2.67 bits per heavy atom. The van der Waals surface area contributed by atoms with Crippen molar-refractivity contribution in [3.05, 3.63) is 47.9 Å². The second-order valence-electron chi connectivity index (χ2n) is 4.64. The minimum Gasteiger partial charge on any atom is -0.384 e. The zero-order valence-corrected chi connectivity index (χ0v) is 12.8. The Hall–Kier alpha value is -1.99. The van der Waals surface area contributed by atoms with Crippen LogP contribution >= 0.6 is 0 Å². The molecule has 112 valence electrons. The van der Waals surface area contributed by atoms with E-state index in [1.165, 1.54) is 6.20 Å². The maximum Gasteiger partial charge on any atom is 0.241 e. The number of hydrogen-bond acceptors (Lipinski definition) is 5. The lowest BCUT2D eigenvalue weighted by molar-refractivity contribution is 0.559. The maximum atomic E-state index is 12.5. The highest BCUT2D eigenvalue weighted by Crippen LogP contribution is 2.19. The summed E-state index contributed by atoms with van der Waals surface area (Å²) in [6.45, 7) is 3.60. The van der Waals surface area contributed by atoms with Crippen LogP contribution in [0, 0.1) is 0 Å². The fraction of sp³-hybridized carbons (Fsp3) is 0.286. The number of nitrogens with one attached hydrogen (secondary N) is 1. The molecule has 6 nitrogen and oxygen atoms in total. The first-order valence-electron chi connectivity index (χ1n) is 6.62. The van der Waals surface area contributed by atoms with E-state index >= 15 is 0 Å². The Morgan fingerprint density at radius 2 is 2.00 bits per heavy atom. The third-order valence-corrected chi connectivity index (χ3v) is 4.70. The number of nitrogens with zero attached hydrogens (tertiary/aromatic N) is 2. The minimum absolute atomic E-state index is 0.281. The molecule has 0 bridgehead atoms. The van der Waals surface area contributed by atoms with Crippen molar-refractivity contribution in [2.75, 3.05) is 5.73 Å². The second kappa shape index (κ2) is 6.19. The molecule has 2 aromatic rings. The van der Waals surface area contributed by atoms with Crippen LogP contribution in [0.4, 0.5) is 5.82 Å². The van der Waals surface area contributed by atoms with Gasteiger partial charge in [-0.05, 0) is 31.0 Å². The molecule has 7 heteroatoms.